The summed E-state index contributed by atoms with van der Waals surface area (Å²) in [5, 5.41) is 42.4. The van der Waals surface area contributed by atoms with E-state index in [0.29, 0.717) is 19.3 Å². The Morgan fingerprint density at radius 2 is 1.76 bits per heavy atom. The van der Waals surface area contributed by atoms with E-state index in [1.165, 1.54) is 6.08 Å². The molecule has 2 rings (SSSR count). The molecule has 0 amide bonds. The molecule has 2 heterocycles. The predicted octanol–water partition coefficient (Wildman–Crippen LogP) is 2.23. The normalized spacial score (nSPS) is 40.6. The number of allylic oxidation sites excluding steroid dienone is 3. The molecule has 10 nitrogen and oxygen atoms in total. The number of carbonyl (C=O) groups is 2. The lowest BCUT2D eigenvalue weighted by atomic mass is 9.79. The molecule has 236 valence electrons. The molecule has 11 atom stereocenters. The predicted molar refractivity (Wildman–Crippen MR) is 155 cm³/mol. The zero-order valence-corrected chi connectivity index (χ0v) is 25.8. The van der Waals surface area contributed by atoms with E-state index in [4.69, 9.17) is 14.2 Å². The van der Waals surface area contributed by atoms with Crippen LogP contribution in [0, 0.1) is 23.7 Å². The summed E-state index contributed by atoms with van der Waals surface area (Å²) in [7, 11) is 3.76. The largest absolute Gasteiger partial charge is 0.462 e. The summed E-state index contributed by atoms with van der Waals surface area (Å²) in [6.07, 6.45) is 1.71. The Morgan fingerprint density at radius 3 is 2.34 bits per heavy atom. The Labute approximate surface area is 245 Å². The van der Waals surface area contributed by atoms with Crippen molar-refractivity contribution >= 4 is 11.8 Å². The smallest absolute Gasteiger partial charge is 0.308 e. The van der Waals surface area contributed by atoms with Crippen LogP contribution in [0.4, 0.5) is 0 Å². The molecule has 0 bridgehead atoms. The maximum Gasteiger partial charge on any atom is 0.308 e. The molecule has 11 unspecified atom stereocenters. The zero-order valence-electron chi connectivity index (χ0n) is 25.8. The Morgan fingerprint density at radius 1 is 1.07 bits per heavy atom. The van der Waals surface area contributed by atoms with Crippen LogP contribution in [-0.2, 0) is 23.8 Å². The molecule has 10 heteroatoms. The minimum absolute atomic E-state index is 0.103. The average molecular weight is 584 g/mol. The van der Waals surface area contributed by atoms with Crippen molar-refractivity contribution < 1.29 is 44.2 Å². The number of ether oxygens (including phenoxy) is 3. The number of carbonyl (C=O) groups excluding carboxylic acids is 2. The van der Waals surface area contributed by atoms with Gasteiger partial charge in [-0.1, -0.05) is 38.5 Å². The molecule has 0 spiro atoms. The maximum absolute atomic E-state index is 13.1. The Bertz CT molecular complexity index is 891. The fraction of sp³-hybridized carbons (Fsp3) is 0.806. The van der Waals surface area contributed by atoms with Crippen LogP contribution in [0.5, 0.6) is 0 Å². The van der Waals surface area contributed by atoms with Crippen LogP contribution in [0.3, 0.4) is 0 Å². The second-order valence-corrected chi connectivity index (χ2v) is 12.1. The highest BCUT2D eigenvalue weighted by molar-refractivity contribution is 5.91. The molecule has 1 fully saturated rings. The molecule has 1 saturated heterocycles. The molecule has 0 aromatic rings. The lowest BCUT2D eigenvalue weighted by Gasteiger charge is -2.44. The summed E-state index contributed by atoms with van der Waals surface area (Å²) in [4.78, 5) is 28.0. The SMILES string of the molecule is CCC1OC(=O)CC(O)C(C)C(OC2OC(C)CC(N(C)C)C2O)C(CCO)CC(C)C(=O)/C=C/C(C)=C/C1CO. The van der Waals surface area contributed by atoms with E-state index in [1.54, 1.807) is 19.1 Å². The highest BCUT2D eigenvalue weighted by atomic mass is 16.7. The van der Waals surface area contributed by atoms with Crippen LogP contribution in [0.2, 0.25) is 0 Å². The lowest BCUT2D eigenvalue weighted by molar-refractivity contribution is -0.283. The van der Waals surface area contributed by atoms with E-state index in [9.17, 15) is 30.0 Å². The van der Waals surface area contributed by atoms with Gasteiger partial charge in [-0.15, -0.1) is 0 Å². The number of nitrogens with zero attached hydrogens (tertiary/aromatic N) is 1. The number of hydrogen-bond donors (Lipinski definition) is 4. The number of aliphatic hydroxyl groups is 4. The third kappa shape index (κ3) is 10.2. The first-order chi connectivity index (χ1) is 19.3. The number of hydrogen-bond acceptors (Lipinski definition) is 10. The Hall–Kier alpha value is -1.66. The number of aliphatic hydroxyl groups excluding tert-OH is 4. The molecule has 2 aliphatic rings. The van der Waals surface area contributed by atoms with Crippen molar-refractivity contribution in [3.63, 3.8) is 0 Å². The van der Waals surface area contributed by atoms with Gasteiger partial charge in [0.15, 0.2) is 12.1 Å². The summed E-state index contributed by atoms with van der Waals surface area (Å²) in [6.45, 7) is 8.73. The highest BCUT2D eigenvalue weighted by Gasteiger charge is 2.43. The summed E-state index contributed by atoms with van der Waals surface area (Å²) < 4.78 is 18.2. The van der Waals surface area contributed by atoms with Gasteiger partial charge in [-0.25, -0.2) is 0 Å². The van der Waals surface area contributed by atoms with Crippen molar-refractivity contribution in [2.75, 3.05) is 27.3 Å². The molecule has 0 aliphatic carbocycles. The van der Waals surface area contributed by atoms with E-state index in [1.807, 2.05) is 46.7 Å². The lowest BCUT2D eigenvalue weighted by Crippen LogP contribution is -2.56. The first-order valence-electron chi connectivity index (χ1n) is 15.0. The van der Waals surface area contributed by atoms with Crippen LogP contribution in [0.25, 0.3) is 0 Å². The van der Waals surface area contributed by atoms with Crippen LogP contribution < -0.4 is 0 Å². The second kappa shape index (κ2) is 16.8. The molecule has 0 aromatic carbocycles. The maximum atomic E-state index is 13.1. The zero-order chi connectivity index (χ0) is 30.9. The van der Waals surface area contributed by atoms with Crippen molar-refractivity contribution in [3.05, 3.63) is 23.8 Å². The third-order valence-electron chi connectivity index (χ3n) is 8.54. The molecule has 0 radical (unpaired) electrons. The number of rotatable bonds is 7. The van der Waals surface area contributed by atoms with Gasteiger partial charge in [0, 0.05) is 30.4 Å². The van der Waals surface area contributed by atoms with E-state index >= 15 is 0 Å². The van der Waals surface area contributed by atoms with Crippen molar-refractivity contribution in [2.45, 2.75) is 110 Å². The monoisotopic (exact) mass is 583 g/mol. The van der Waals surface area contributed by atoms with Gasteiger partial charge in [-0.2, -0.15) is 0 Å². The standard InChI is InChI=1S/C31H53NO9/c1-8-27-23(17-34)13-18(2)9-10-25(35)19(3)14-22(11-12-33)30(21(5)26(36)16-28(37)40-27)41-31-29(38)24(32(6)7)15-20(4)39-31/h9-10,13,19-24,26-27,29-31,33-34,36,38H,8,11-12,14-17H2,1-7H3/b10-9+,18-13+. The summed E-state index contributed by atoms with van der Waals surface area (Å²) in [5.74, 6) is -2.61. The fourth-order valence-electron chi connectivity index (χ4n) is 5.94. The molecular formula is C31H53NO9. The van der Waals surface area contributed by atoms with Crippen LogP contribution in [0.1, 0.15) is 66.7 Å². The molecular weight excluding hydrogens is 530 g/mol. The molecule has 2 aliphatic heterocycles. The summed E-state index contributed by atoms with van der Waals surface area (Å²) in [6, 6.07) is -0.214. The van der Waals surface area contributed by atoms with Gasteiger partial charge in [0.2, 0.25) is 0 Å². The van der Waals surface area contributed by atoms with Crippen LogP contribution in [0.15, 0.2) is 23.8 Å². The van der Waals surface area contributed by atoms with Crippen molar-refractivity contribution in [2.24, 2.45) is 23.7 Å². The number of likely N-dealkylation sites (N-methyl/N-ethyl adjacent to an activating group) is 1. The van der Waals surface area contributed by atoms with E-state index in [2.05, 4.69) is 0 Å². The average Bonchev–Trinajstić information content (AvgIpc) is 2.92. The first-order valence-corrected chi connectivity index (χ1v) is 15.0. The summed E-state index contributed by atoms with van der Waals surface area (Å²) >= 11 is 0. The van der Waals surface area contributed by atoms with E-state index in [0.717, 1.165) is 5.57 Å². The molecule has 41 heavy (non-hydrogen) atoms. The van der Waals surface area contributed by atoms with Crippen LogP contribution in [-0.4, -0.2) is 107 Å². The van der Waals surface area contributed by atoms with E-state index in [-0.39, 0.29) is 49.9 Å². The van der Waals surface area contributed by atoms with Gasteiger partial charge < -0.3 is 39.5 Å². The minimum Gasteiger partial charge on any atom is -0.462 e. The minimum atomic E-state index is -1.17. The van der Waals surface area contributed by atoms with Gasteiger partial charge in [-0.3, -0.25) is 9.59 Å². The third-order valence-corrected chi connectivity index (χ3v) is 8.54. The van der Waals surface area contributed by atoms with Crippen molar-refractivity contribution in [3.8, 4) is 0 Å². The quantitative estimate of drug-likeness (QED) is 0.329. The second-order valence-electron chi connectivity index (χ2n) is 12.1. The Balaban J connectivity index is 2.49. The highest BCUT2D eigenvalue weighted by Crippen LogP contribution is 2.34. The molecule has 0 saturated carbocycles. The Kier molecular flexibility index (Phi) is 14.6. The van der Waals surface area contributed by atoms with Gasteiger partial charge in [0.1, 0.15) is 12.2 Å². The van der Waals surface area contributed by atoms with Gasteiger partial charge in [-0.05, 0) is 65.6 Å². The van der Waals surface area contributed by atoms with Gasteiger partial charge >= 0.3 is 5.97 Å². The van der Waals surface area contributed by atoms with Crippen molar-refractivity contribution in [1.29, 1.82) is 0 Å². The number of esters is 1. The van der Waals surface area contributed by atoms with Crippen LogP contribution >= 0.6 is 0 Å². The fourth-order valence-corrected chi connectivity index (χ4v) is 5.94. The molecule has 4 N–H and O–H groups in total. The van der Waals surface area contributed by atoms with Crippen molar-refractivity contribution in [1.82, 2.24) is 4.90 Å². The summed E-state index contributed by atoms with van der Waals surface area (Å²) in [5.41, 5.74) is 0.751. The topological polar surface area (TPSA) is 146 Å². The molecule has 0 aromatic heterocycles. The number of cyclic esters (lactones) is 1. The van der Waals surface area contributed by atoms with Gasteiger partial charge in [0.25, 0.3) is 0 Å². The van der Waals surface area contributed by atoms with Gasteiger partial charge in [0.05, 0.1) is 31.3 Å². The first kappa shape index (κ1) is 35.5. The number of ketones is 1. The van der Waals surface area contributed by atoms with E-state index < -0.39 is 54.4 Å².